The summed E-state index contributed by atoms with van der Waals surface area (Å²) >= 11 is 0. The third-order valence-electron chi connectivity index (χ3n) is 5.77. The Morgan fingerprint density at radius 2 is 2.00 bits per heavy atom. The summed E-state index contributed by atoms with van der Waals surface area (Å²) in [6.45, 7) is 1.33. The third kappa shape index (κ3) is 3.73. The highest BCUT2D eigenvalue weighted by atomic mass is 19.1. The van der Waals surface area contributed by atoms with Gasteiger partial charge in [0.1, 0.15) is 23.8 Å². The van der Waals surface area contributed by atoms with Gasteiger partial charge in [0.05, 0.1) is 36.5 Å². The first-order valence-corrected chi connectivity index (χ1v) is 10.3. The molecule has 0 amide bonds. The average molecular weight is 436 g/mol. The van der Waals surface area contributed by atoms with Crippen LogP contribution in [0.4, 0.5) is 20.3 Å². The smallest absolute Gasteiger partial charge is 0.165 e. The monoisotopic (exact) mass is 436 g/mol. The molecule has 2 atom stereocenters. The van der Waals surface area contributed by atoms with Crippen molar-refractivity contribution in [3.05, 3.63) is 60.6 Å². The number of nitrogen functional groups attached to an aromatic ring is 1. The number of benzene rings is 1. The number of hydrogen-bond acceptors (Lipinski definition) is 7. The van der Waals surface area contributed by atoms with Gasteiger partial charge in [-0.15, -0.1) is 0 Å². The quantitative estimate of drug-likeness (QED) is 0.506. The number of rotatable bonds is 4. The summed E-state index contributed by atoms with van der Waals surface area (Å²) in [6.07, 6.45) is 4.12. The Labute approximate surface area is 182 Å². The van der Waals surface area contributed by atoms with Crippen LogP contribution in [0.2, 0.25) is 0 Å². The Bertz CT molecular complexity index is 1270. The molecule has 5 rings (SSSR count). The molecular formula is C22H22F2N8. The number of nitrogens with two attached hydrogens (primary N) is 2. The maximum Gasteiger partial charge on any atom is 0.165 e. The first kappa shape index (κ1) is 20.3. The van der Waals surface area contributed by atoms with Crippen LogP contribution >= 0.6 is 0 Å². The van der Waals surface area contributed by atoms with Crippen molar-refractivity contribution in [2.75, 3.05) is 23.7 Å². The number of aromatic nitrogens is 5. The summed E-state index contributed by atoms with van der Waals surface area (Å²) < 4.78 is 29.6. The predicted molar refractivity (Wildman–Crippen MR) is 118 cm³/mol. The number of pyridine rings is 1. The lowest BCUT2D eigenvalue weighted by molar-refractivity contribution is 0.244. The van der Waals surface area contributed by atoms with Crippen LogP contribution < -0.4 is 16.4 Å². The number of piperidine rings is 1. The molecule has 4 aromatic rings. The molecule has 1 aromatic carbocycles. The fraction of sp³-hybridized carbons (Fsp3) is 0.273. The summed E-state index contributed by atoms with van der Waals surface area (Å²) in [7, 11) is 0. The van der Waals surface area contributed by atoms with E-state index in [1.54, 1.807) is 24.7 Å². The fourth-order valence-corrected chi connectivity index (χ4v) is 4.08. The Hall–Kier alpha value is -3.66. The summed E-state index contributed by atoms with van der Waals surface area (Å²) in [5.41, 5.74) is 16.1. The molecule has 0 saturated carbocycles. The molecule has 0 unspecified atom stereocenters. The second kappa shape index (κ2) is 8.12. The van der Waals surface area contributed by atoms with Crippen LogP contribution in [0, 0.1) is 5.82 Å². The van der Waals surface area contributed by atoms with E-state index in [1.807, 2.05) is 15.5 Å². The van der Waals surface area contributed by atoms with Gasteiger partial charge in [-0.25, -0.2) is 23.7 Å². The fourth-order valence-electron chi connectivity index (χ4n) is 4.08. The molecule has 8 nitrogen and oxygen atoms in total. The zero-order chi connectivity index (χ0) is 22.2. The normalized spacial score (nSPS) is 18.9. The number of nitrogens with zero attached hydrogens (tertiary/aromatic N) is 6. The molecular weight excluding hydrogens is 414 g/mol. The van der Waals surface area contributed by atoms with Crippen molar-refractivity contribution >= 4 is 22.7 Å². The van der Waals surface area contributed by atoms with Gasteiger partial charge in [0, 0.05) is 18.7 Å². The molecule has 10 heteroatoms. The van der Waals surface area contributed by atoms with E-state index < -0.39 is 12.2 Å². The van der Waals surface area contributed by atoms with Crippen LogP contribution in [0.5, 0.6) is 0 Å². The average Bonchev–Trinajstić information content (AvgIpc) is 3.20. The summed E-state index contributed by atoms with van der Waals surface area (Å²) in [4.78, 5) is 19.2. The van der Waals surface area contributed by atoms with Gasteiger partial charge in [0.15, 0.2) is 11.5 Å². The number of alkyl halides is 1. The second-order valence-corrected chi connectivity index (χ2v) is 7.93. The maximum atomic E-state index is 14.0. The molecule has 0 spiro atoms. The lowest BCUT2D eigenvalue weighted by Gasteiger charge is -2.35. The highest BCUT2D eigenvalue weighted by Gasteiger charge is 2.28. The van der Waals surface area contributed by atoms with Crippen molar-refractivity contribution < 1.29 is 8.78 Å². The van der Waals surface area contributed by atoms with Gasteiger partial charge in [0.25, 0.3) is 0 Å². The molecule has 4 heterocycles. The lowest BCUT2D eigenvalue weighted by Crippen LogP contribution is -2.50. The van der Waals surface area contributed by atoms with Gasteiger partial charge in [0.2, 0.25) is 0 Å². The number of imidazole rings is 1. The number of halogens is 2. The molecule has 0 bridgehead atoms. The third-order valence-corrected chi connectivity index (χ3v) is 5.77. The van der Waals surface area contributed by atoms with Gasteiger partial charge >= 0.3 is 0 Å². The Balaban J connectivity index is 1.58. The van der Waals surface area contributed by atoms with E-state index in [2.05, 4.69) is 19.9 Å². The van der Waals surface area contributed by atoms with E-state index in [9.17, 15) is 8.78 Å². The van der Waals surface area contributed by atoms with Crippen LogP contribution in [0.25, 0.3) is 22.4 Å². The first-order chi connectivity index (χ1) is 15.5. The van der Waals surface area contributed by atoms with Crippen molar-refractivity contribution in [1.29, 1.82) is 0 Å². The SMILES string of the molecule is Nc1ncnc2c1ncn2Cc1cc(-c2cccc(F)c2)ncc1N1CC[C@@H](F)[C@@H](N)C1. The molecule has 1 aliphatic rings. The second-order valence-electron chi connectivity index (χ2n) is 7.93. The molecule has 164 valence electrons. The molecule has 1 saturated heterocycles. The molecule has 1 fully saturated rings. The maximum absolute atomic E-state index is 14.0. The summed E-state index contributed by atoms with van der Waals surface area (Å²) in [5.74, 6) is -0.0289. The molecule has 0 radical (unpaired) electrons. The van der Waals surface area contributed by atoms with Gasteiger partial charge < -0.3 is 20.9 Å². The lowest BCUT2D eigenvalue weighted by atomic mass is 10.0. The van der Waals surface area contributed by atoms with Crippen molar-refractivity contribution in [2.24, 2.45) is 5.73 Å². The van der Waals surface area contributed by atoms with E-state index in [1.165, 1.54) is 18.5 Å². The zero-order valence-electron chi connectivity index (χ0n) is 17.2. The highest BCUT2D eigenvalue weighted by Crippen LogP contribution is 2.30. The highest BCUT2D eigenvalue weighted by molar-refractivity contribution is 5.81. The first-order valence-electron chi connectivity index (χ1n) is 10.3. The van der Waals surface area contributed by atoms with Crippen LogP contribution in [0.1, 0.15) is 12.0 Å². The van der Waals surface area contributed by atoms with Gasteiger partial charge in [-0.05, 0) is 30.2 Å². The zero-order valence-corrected chi connectivity index (χ0v) is 17.2. The summed E-state index contributed by atoms with van der Waals surface area (Å²) in [6, 6.07) is 7.63. The molecule has 0 aliphatic carbocycles. The molecule has 1 aliphatic heterocycles. The predicted octanol–water partition coefficient (Wildman–Crippen LogP) is 2.53. The molecule has 4 N–H and O–H groups in total. The van der Waals surface area contributed by atoms with E-state index in [0.29, 0.717) is 54.3 Å². The van der Waals surface area contributed by atoms with Crippen LogP contribution in [-0.2, 0) is 6.54 Å². The van der Waals surface area contributed by atoms with Crippen molar-refractivity contribution in [3.63, 3.8) is 0 Å². The van der Waals surface area contributed by atoms with Gasteiger partial charge in [-0.2, -0.15) is 0 Å². The largest absolute Gasteiger partial charge is 0.382 e. The topological polar surface area (TPSA) is 112 Å². The van der Waals surface area contributed by atoms with Gasteiger partial charge in [-0.1, -0.05) is 12.1 Å². The van der Waals surface area contributed by atoms with E-state index in [0.717, 1.165) is 11.3 Å². The van der Waals surface area contributed by atoms with E-state index in [-0.39, 0.29) is 5.82 Å². The summed E-state index contributed by atoms with van der Waals surface area (Å²) in [5, 5.41) is 0. The minimum Gasteiger partial charge on any atom is -0.382 e. The number of fused-ring (bicyclic) bond motifs is 1. The Kier molecular flexibility index (Phi) is 5.14. The van der Waals surface area contributed by atoms with Crippen LogP contribution in [-0.4, -0.2) is 49.8 Å². The van der Waals surface area contributed by atoms with Crippen LogP contribution in [0.3, 0.4) is 0 Å². The minimum atomic E-state index is -1.02. The van der Waals surface area contributed by atoms with Crippen molar-refractivity contribution in [2.45, 2.75) is 25.2 Å². The van der Waals surface area contributed by atoms with E-state index in [4.69, 9.17) is 11.5 Å². The van der Waals surface area contributed by atoms with Crippen molar-refractivity contribution in [3.8, 4) is 11.3 Å². The Morgan fingerprint density at radius 3 is 2.81 bits per heavy atom. The number of hydrogen-bond donors (Lipinski definition) is 2. The van der Waals surface area contributed by atoms with Gasteiger partial charge in [-0.3, -0.25) is 4.98 Å². The molecule has 32 heavy (non-hydrogen) atoms. The van der Waals surface area contributed by atoms with Crippen LogP contribution in [0.15, 0.2) is 49.2 Å². The standard InChI is InChI=1S/C22H22F2N8/c23-15-3-1-2-13(6-15)18-7-14(9-32-12-30-20-21(26)28-11-29-22(20)32)19(8-27-18)31-5-4-16(24)17(25)10-31/h1-3,6-8,11-12,16-17H,4-5,9-10,25H2,(H2,26,28,29)/t16-,17+/m1/s1. The Morgan fingerprint density at radius 1 is 1.12 bits per heavy atom. The molecule has 3 aromatic heterocycles. The van der Waals surface area contributed by atoms with Crippen molar-refractivity contribution in [1.82, 2.24) is 24.5 Å². The minimum absolute atomic E-state index is 0.306. The number of anilines is 2. The van der Waals surface area contributed by atoms with E-state index >= 15 is 0 Å².